The fourth-order valence-electron chi connectivity index (χ4n) is 3.16. The first kappa shape index (κ1) is 16.9. The van der Waals surface area contributed by atoms with Crippen LogP contribution in [0.3, 0.4) is 0 Å². The molecule has 1 unspecified atom stereocenters. The van der Waals surface area contributed by atoms with Gasteiger partial charge in [-0.2, -0.15) is 0 Å². The van der Waals surface area contributed by atoms with Crippen molar-refractivity contribution in [2.24, 2.45) is 5.92 Å². The number of carbonyl (C=O) groups excluding carboxylic acids is 1. The second-order valence-electron chi connectivity index (χ2n) is 6.64. The van der Waals surface area contributed by atoms with Gasteiger partial charge in [-0.15, -0.1) is 0 Å². The first-order valence-electron chi connectivity index (χ1n) is 8.25. The summed E-state index contributed by atoms with van der Waals surface area (Å²) in [5.41, 5.74) is 2.38. The molecule has 1 aromatic carbocycles. The first-order valence-corrected chi connectivity index (χ1v) is 9.07. The average molecular weight is 344 g/mol. The Morgan fingerprint density at radius 3 is 2.96 bits per heavy atom. The fraction of sp³-hybridized carbons (Fsp3) is 0.444. The largest absolute Gasteiger partial charge is 0.324 e. The van der Waals surface area contributed by atoms with Crippen molar-refractivity contribution >= 4 is 22.5 Å². The van der Waals surface area contributed by atoms with Gasteiger partial charge in [0.1, 0.15) is 0 Å². The number of thiazole rings is 1. The summed E-state index contributed by atoms with van der Waals surface area (Å²) in [5, 5.41) is 3.61. The zero-order valence-corrected chi connectivity index (χ0v) is 15.3. The molecule has 3 rings (SSSR count). The zero-order valence-electron chi connectivity index (χ0n) is 14.5. The van der Waals surface area contributed by atoms with Gasteiger partial charge in [-0.3, -0.25) is 5.32 Å². The molecule has 6 heteroatoms. The van der Waals surface area contributed by atoms with E-state index >= 15 is 0 Å². The number of nitrogens with zero attached hydrogens (tertiary/aromatic N) is 3. The Morgan fingerprint density at radius 1 is 1.42 bits per heavy atom. The van der Waals surface area contributed by atoms with E-state index in [0.717, 1.165) is 30.9 Å². The second-order valence-corrected chi connectivity index (χ2v) is 7.67. The van der Waals surface area contributed by atoms with Gasteiger partial charge in [0.25, 0.3) is 0 Å². The van der Waals surface area contributed by atoms with Crippen LogP contribution < -0.4 is 5.32 Å². The number of amides is 2. The minimum atomic E-state index is -0.0399. The molecule has 1 saturated heterocycles. The number of aryl methyl sites for hydroxylation is 1. The molecule has 2 amide bonds. The Balaban J connectivity index is 1.61. The maximum atomic E-state index is 12.4. The van der Waals surface area contributed by atoms with E-state index in [-0.39, 0.29) is 6.03 Å². The monoisotopic (exact) mass is 344 g/mol. The standard InChI is InChI=1S/C18H24N4OS/c1-13-6-4-5-7-15(13)16-10-19-17(24-16)20-18(23)22-9-8-14(12-22)11-21(2)3/h4-7,10,14H,8-9,11-12H2,1-3H3,(H,19,20,23). The maximum Gasteiger partial charge on any atom is 0.323 e. The number of likely N-dealkylation sites (tertiary alicyclic amines) is 1. The van der Waals surface area contributed by atoms with E-state index in [0.29, 0.717) is 11.0 Å². The van der Waals surface area contributed by atoms with Crippen LogP contribution in [0.25, 0.3) is 10.4 Å². The number of benzene rings is 1. The Morgan fingerprint density at radius 2 is 2.21 bits per heavy atom. The Hall–Kier alpha value is -1.92. The lowest BCUT2D eigenvalue weighted by Gasteiger charge is -2.18. The third-order valence-corrected chi connectivity index (χ3v) is 5.27. The van der Waals surface area contributed by atoms with Crippen LogP contribution in [-0.2, 0) is 0 Å². The van der Waals surface area contributed by atoms with Gasteiger partial charge in [-0.25, -0.2) is 9.78 Å². The van der Waals surface area contributed by atoms with Crippen molar-refractivity contribution in [2.75, 3.05) is 39.0 Å². The van der Waals surface area contributed by atoms with Gasteiger partial charge < -0.3 is 9.80 Å². The summed E-state index contributed by atoms with van der Waals surface area (Å²) in [6, 6.07) is 8.18. The van der Waals surface area contributed by atoms with Crippen molar-refractivity contribution in [3.05, 3.63) is 36.0 Å². The molecular formula is C18H24N4OS. The molecule has 1 aliphatic heterocycles. The lowest BCUT2D eigenvalue weighted by molar-refractivity contribution is 0.219. The Bertz CT molecular complexity index is 713. The van der Waals surface area contributed by atoms with Gasteiger partial charge in [0, 0.05) is 25.8 Å². The van der Waals surface area contributed by atoms with Crippen LogP contribution in [-0.4, -0.2) is 54.5 Å². The van der Waals surface area contributed by atoms with Crippen LogP contribution in [0.15, 0.2) is 30.5 Å². The van der Waals surface area contributed by atoms with E-state index in [1.807, 2.05) is 23.2 Å². The summed E-state index contributed by atoms with van der Waals surface area (Å²) in [4.78, 5) is 21.9. The zero-order chi connectivity index (χ0) is 17.1. The predicted octanol–water partition coefficient (Wildman–Crippen LogP) is 3.53. The minimum Gasteiger partial charge on any atom is -0.324 e. The number of anilines is 1. The van der Waals surface area contributed by atoms with Gasteiger partial charge in [-0.05, 0) is 44.5 Å². The van der Waals surface area contributed by atoms with Crippen LogP contribution >= 0.6 is 11.3 Å². The Kier molecular flexibility index (Phi) is 5.16. The summed E-state index contributed by atoms with van der Waals surface area (Å²) in [5.74, 6) is 0.560. The number of aromatic nitrogens is 1. The van der Waals surface area contributed by atoms with Gasteiger partial charge in [0.2, 0.25) is 0 Å². The molecule has 2 aromatic rings. The van der Waals surface area contributed by atoms with E-state index in [4.69, 9.17) is 0 Å². The highest BCUT2D eigenvalue weighted by Gasteiger charge is 2.27. The molecule has 1 aromatic heterocycles. The predicted molar refractivity (Wildman–Crippen MR) is 99.5 cm³/mol. The van der Waals surface area contributed by atoms with Gasteiger partial charge in [0.05, 0.1) is 4.88 Å². The van der Waals surface area contributed by atoms with Crippen molar-refractivity contribution in [2.45, 2.75) is 13.3 Å². The molecule has 0 spiro atoms. The van der Waals surface area contributed by atoms with Crippen molar-refractivity contribution in [1.29, 1.82) is 0 Å². The molecular weight excluding hydrogens is 320 g/mol. The number of hydrogen-bond acceptors (Lipinski definition) is 4. The number of hydrogen-bond donors (Lipinski definition) is 1. The maximum absolute atomic E-state index is 12.4. The molecule has 1 fully saturated rings. The first-order chi connectivity index (χ1) is 11.5. The number of carbonyl (C=O) groups is 1. The highest BCUT2D eigenvalue weighted by Crippen LogP contribution is 2.31. The second kappa shape index (κ2) is 7.32. The molecule has 128 valence electrons. The van der Waals surface area contributed by atoms with Gasteiger partial charge in [-0.1, -0.05) is 35.6 Å². The summed E-state index contributed by atoms with van der Waals surface area (Å²) in [7, 11) is 4.15. The normalized spacial score (nSPS) is 17.5. The highest BCUT2D eigenvalue weighted by molar-refractivity contribution is 7.19. The van der Waals surface area contributed by atoms with E-state index in [2.05, 4.69) is 48.4 Å². The molecule has 0 bridgehead atoms. The molecule has 5 nitrogen and oxygen atoms in total. The molecule has 1 aliphatic rings. The van der Waals surface area contributed by atoms with Crippen LogP contribution in [0.5, 0.6) is 0 Å². The smallest absolute Gasteiger partial charge is 0.323 e. The highest BCUT2D eigenvalue weighted by atomic mass is 32.1. The molecule has 0 saturated carbocycles. The van der Waals surface area contributed by atoms with Crippen LogP contribution in [0.2, 0.25) is 0 Å². The van der Waals surface area contributed by atoms with Crippen LogP contribution in [0.4, 0.5) is 9.93 Å². The summed E-state index contributed by atoms with van der Waals surface area (Å²) >= 11 is 1.52. The SMILES string of the molecule is Cc1ccccc1-c1cnc(NC(=O)N2CCC(CN(C)C)C2)s1. The number of nitrogens with one attached hydrogen (secondary N) is 1. The molecule has 0 aliphatic carbocycles. The molecule has 24 heavy (non-hydrogen) atoms. The van der Waals surface area contributed by atoms with Crippen LogP contribution in [0.1, 0.15) is 12.0 Å². The summed E-state index contributed by atoms with van der Waals surface area (Å²) < 4.78 is 0. The topological polar surface area (TPSA) is 48.5 Å². The van der Waals surface area contributed by atoms with Crippen LogP contribution in [0, 0.1) is 12.8 Å². The van der Waals surface area contributed by atoms with E-state index in [1.165, 1.54) is 22.5 Å². The minimum absolute atomic E-state index is 0.0399. The van der Waals surface area contributed by atoms with E-state index in [9.17, 15) is 4.79 Å². The molecule has 1 atom stereocenters. The quantitative estimate of drug-likeness (QED) is 0.923. The fourth-order valence-corrected chi connectivity index (χ4v) is 4.06. The van der Waals surface area contributed by atoms with Gasteiger partial charge >= 0.3 is 6.03 Å². The average Bonchev–Trinajstić information content (AvgIpc) is 3.17. The van der Waals surface area contributed by atoms with E-state index in [1.54, 1.807) is 0 Å². The molecule has 2 heterocycles. The lowest BCUT2D eigenvalue weighted by atomic mass is 10.1. The Labute approximate surface area is 147 Å². The summed E-state index contributed by atoms with van der Waals surface area (Å²) in [6.07, 6.45) is 2.90. The van der Waals surface area contributed by atoms with Gasteiger partial charge in [0.15, 0.2) is 5.13 Å². The van der Waals surface area contributed by atoms with Crippen molar-refractivity contribution in [1.82, 2.24) is 14.8 Å². The number of rotatable bonds is 4. The number of urea groups is 1. The van der Waals surface area contributed by atoms with E-state index < -0.39 is 0 Å². The molecule has 1 N–H and O–H groups in total. The molecule has 0 radical (unpaired) electrons. The van der Waals surface area contributed by atoms with Crippen molar-refractivity contribution in [3.63, 3.8) is 0 Å². The third kappa shape index (κ3) is 3.94. The van der Waals surface area contributed by atoms with Crippen molar-refractivity contribution < 1.29 is 4.79 Å². The lowest BCUT2D eigenvalue weighted by Crippen LogP contribution is -2.34. The van der Waals surface area contributed by atoms with Crippen molar-refractivity contribution in [3.8, 4) is 10.4 Å². The third-order valence-electron chi connectivity index (χ3n) is 4.33. The summed E-state index contributed by atoms with van der Waals surface area (Å²) in [6.45, 7) is 4.75.